The number of carbonyl (C=O) groups excluding carboxylic acids is 2. The molecule has 24 heavy (non-hydrogen) atoms. The van der Waals surface area contributed by atoms with Gasteiger partial charge in [0.2, 0.25) is 5.91 Å². The van der Waals surface area contributed by atoms with Crippen LogP contribution >= 0.6 is 11.3 Å². The fourth-order valence-corrected chi connectivity index (χ4v) is 3.39. The van der Waals surface area contributed by atoms with Crippen molar-refractivity contribution >= 4 is 44.6 Å². The summed E-state index contributed by atoms with van der Waals surface area (Å²) in [6.07, 6.45) is 0. The monoisotopic (exact) mass is 342 g/mol. The molecule has 0 saturated carbocycles. The smallest absolute Gasteiger partial charge is 0.265 e. The zero-order valence-corrected chi connectivity index (χ0v) is 14.0. The Morgan fingerprint density at radius 2 is 1.71 bits per heavy atom. The van der Waals surface area contributed by atoms with Crippen LogP contribution in [-0.2, 0) is 4.79 Å². The van der Waals surface area contributed by atoms with Crippen LogP contribution in [0.1, 0.15) is 22.2 Å². The van der Waals surface area contributed by atoms with Gasteiger partial charge >= 0.3 is 0 Å². The van der Waals surface area contributed by atoms with Crippen molar-refractivity contribution in [1.29, 1.82) is 0 Å². The molecule has 0 aliphatic heterocycles. The third-order valence-corrected chi connectivity index (χ3v) is 4.72. The summed E-state index contributed by atoms with van der Waals surface area (Å²) < 4.78 is 14.5. The van der Waals surface area contributed by atoms with Crippen LogP contribution in [0.15, 0.2) is 42.5 Å². The Hall–Kier alpha value is -2.73. The highest BCUT2D eigenvalue weighted by Gasteiger charge is 2.14. The highest BCUT2D eigenvalue weighted by atomic mass is 32.1. The van der Waals surface area contributed by atoms with Crippen molar-refractivity contribution in [3.05, 3.63) is 58.7 Å². The average Bonchev–Trinajstić information content (AvgIpc) is 2.96. The predicted octanol–water partition coefficient (Wildman–Crippen LogP) is 4.56. The standard InChI is InChI=1S/C18H15FN2O2S/c1-10-14(20-11(2)22)6-4-7-15(10)21-18(23)17-9-12-13(19)5-3-8-16(12)24-17/h3-9H,1-2H3,(H,20,22)(H,21,23). The van der Waals surface area contributed by atoms with E-state index >= 15 is 0 Å². The molecule has 0 bridgehead atoms. The number of rotatable bonds is 3. The van der Waals surface area contributed by atoms with Gasteiger partial charge in [0.1, 0.15) is 5.82 Å². The summed E-state index contributed by atoms with van der Waals surface area (Å²) in [6.45, 7) is 3.24. The maximum Gasteiger partial charge on any atom is 0.265 e. The van der Waals surface area contributed by atoms with Crippen LogP contribution < -0.4 is 10.6 Å². The van der Waals surface area contributed by atoms with E-state index in [9.17, 15) is 14.0 Å². The molecule has 2 N–H and O–H groups in total. The summed E-state index contributed by atoms with van der Waals surface area (Å²) in [7, 11) is 0. The second-order valence-electron chi connectivity index (χ2n) is 5.38. The van der Waals surface area contributed by atoms with Crippen molar-refractivity contribution in [2.45, 2.75) is 13.8 Å². The number of fused-ring (bicyclic) bond motifs is 1. The van der Waals surface area contributed by atoms with Crippen molar-refractivity contribution in [1.82, 2.24) is 0 Å². The lowest BCUT2D eigenvalue weighted by atomic mass is 10.1. The van der Waals surface area contributed by atoms with Crippen molar-refractivity contribution < 1.29 is 14.0 Å². The summed E-state index contributed by atoms with van der Waals surface area (Å²) >= 11 is 1.24. The van der Waals surface area contributed by atoms with E-state index in [1.807, 2.05) is 6.92 Å². The number of halogens is 1. The van der Waals surface area contributed by atoms with Crippen LogP contribution in [-0.4, -0.2) is 11.8 Å². The fraction of sp³-hybridized carbons (Fsp3) is 0.111. The normalized spacial score (nSPS) is 10.6. The summed E-state index contributed by atoms with van der Waals surface area (Å²) in [5.74, 6) is -0.827. The van der Waals surface area contributed by atoms with Gasteiger partial charge in [-0.3, -0.25) is 9.59 Å². The van der Waals surface area contributed by atoms with Crippen LogP contribution in [0.25, 0.3) is 10.1 Å². The third-order valence-electron chi connectivity index (χ3n) is 3.62. The molecule has 3 rings (SSSR count). The molecule has 2 aromatic carbocycles. The number of benzene rings is 2. The van der Waals surface area contributed by atoms with E-state index in [2.05, 4.69) is 10.6 Å². The molecule has 1 heterocycles. The Morgan fingerprint density at radius 3 is 2.38 bits per heavy atom. The second-order valence-corrected chi connectivity index (χ2v) is 6.46. The van der Waals surface area contributed by atoms with Gasteiger partial charge in [-0.25, -0.2) is 4.39 Å². The van der Waals surface area contributed by atoms with Crippen molar-refractivity contribution in [2.24, 2.45) is 0 Å². The lowest BCUT2D eigenvalue weighted by molar-refractivity contribution is -0.114. The number of carbonyl (C=O) groups is 2. The van der Waals surface area contributed by atoms with Gasteiger partial charge in [-0.15, -0.1) is 11.3 Å². The summed E-state index contributed by atoms with van der Waals surface area (Å²) in [5, 5.41) is 5.98. The Labute approximate surface area is 142 Å². The second kappa shape index (κ2) is 6.41. The minimum absolute atomic E-state index is 0.179. The molecule has 0 spiro atoms. The first-order valence-corrected chi connectivity index (χ1v) is 8.14. The molecule has 0 radical (unpaired) electrons. The van der Waals surface area contributed by atoms with E-state index in [-0.39, 0.29) is 17.6 Å². The van der Waals surface area contributed by atoms with Crippen molar-refractivity contribution in [3.8, 4) is 0 Å². The zero-order valence-electron chi connectivity index (χ0n) is 13.1. The Bertz CT molecular complexity index is 949. The third kappa shape index (κ3) is 3.14. The first-order valence-electron chi connectivity index (χ1n) is 7.32. The van der Waals surface area contributed by atoms with Crippen molar-refractivity contribution in [3.63, 3.8) is 0 Å². The molecule has 0 aliphatic rings. The summed E-state index contributed by atoms with van der Waals surface area (Å²) in [4.78, 5) is 24.1. The van der Waals surface area contributed by atoms with Crippen LogP contribution in [0.5, 0.6) is 0 Å². The Balaban J connectivity index is 1.89. The van der Waals surface area contributed by atoms with Crippen LogP contribution in [0.2, 0.25) is 0 Å². The molecule has 122 valence electrons. The quantitative estimate of drug-likeness (QED) is 0.733. The van der Waals surface area contributed by atoms with E-state index in [1.54, 1.807) is 36.4 Å². The van der Waals surface area contributed by atoms with Crippen LogP contribution in [0.4, 0.5) is 15.8 Å². The largest absolute Gasteiger partial charge is 0.326 e. The minimum Gasteiger partial charge on any atom is -0.326 e. The highest BCUT2D eigenvalue weighted by molar-refractivity contribution is 7.20. The molecule has 1 aromatic heterocycles. The van der Waals surface area contributed by atoms with Crippen LogP contribution in [0, 0.1) is 12.7 Å². The van der Waals surface area contributed by atoms with E-state index in [0.717, 1.165) is 10.3 Å². The van der Waals surface area contributed by atoms with Gasteiger partial charge in [-0.05, 0) is 42.8 Å². The number of anilines is 2. The lowest BCUT2D eigenvalue weighted by Gasteiger charge is -2.12. The summed E-state index contributed by atoms with van der Waals surface area (Å²) in [6, 6.07) is 11.6. The van der Waals surface area contributed by atoms with E-state index in [0.29, 0.717) is 21.6 Å². The molecule has 6 heteroatoms. The maximum atomic E-state index is 13.8. The van der Waals surface area contributed by atoms with Crippen molar-refractivity contribution in [2.75, 3.05) is 10.6 Å². The van der Waals surface area contributed by atoms with Gasteiger partial charge in [0.05, 0.1) is 4.88 Å². The van der Waals surface area contributed by atoms with Crippen LogP contribution in [0.3, 0.4) is 0 Å². The molecular weight excluding hydrogens is 327 g/mol. The van der Waals surface area contributed by atoms with Gasteiger partial charge < -0.3 is 10.6 Å². The first kappa shape index (κ1) is 16.1. The number of hydrogen-bond donors (Lipinski definition) is 2. The minimum atomic E-state index is -0.341. The lowest BCUT2D eigenvalue weighted by Crippen LogP contribution is -2.13. The molecule has 0 atom stereocenters. The molecule has 0 saturated heterocycles. The molecule has 0 unspecified atom stereocenters. The fourth-order valence-electron chi connectivity index (χ4n) is 2.42. The van der Waals surface area contributed by atoms with Gasteiger partial charge in [0.15, 0.2) is 0 Å². The molecule has 0 aliphatic carbocycles. The molecule has 2 amide bonds. The number of amides is 2. The van der Waals surface area contributed by atoms with E-state index in [4.69, 9.17) is 0 Å². The maximum absolute atomic E-state index is 13.8. The number of hydrogen-bond acceptors (Lipinski definition) is 3. The molecule has 4 nitrogen and oxygen atoms in total. The SMILES string of the molecule is CC(=O)Nc1cccc(NC(=O)c2cc3c(F)cccc3s2)c1C. The van der Waals surface area contributed by atoms with E-state index < -0.39 is 0 Å². The average molecular weight is 342 g/mol. The zero-order chi connectivity index (χ0) is 17.3. The highest BCUT2D eigenvalue weighted by Crippen LogP contribution is 2.29. The van der Waals surface area contributed by atoms with Gasteiger partial charge in [0.25, 0.3) is 5.91 Å². The molecule has 3 aromatic rings. The first-order chi connectivity index (χ1) is 11.5. The van der Waals surface area contributed by atoms with Gasteiger partial charge in [-0.1, -0.05) is 12.1 Å². The number of nitrogens with one attached hydrogen (secondary N) is 2. The topological polar surface area (TPSA) is 58.2 Å². The molecule has 0 fully saturated rings. The van der Waals surface area contributed by atoms with Gasteiger partial charge in [0, 0.05) is 28.4 Å². The Kier molecular flexibility index (Phi) is 4.31. The summed E-state index contributed by atoms with van der Waals surface area (Å²) in [5.41, 5.74) is 2.00. The predicted molar refractivity (Wildman–Crippen MR) is 95.2 cm³/mol. The molecular formula is C18H15FN2O2S. The number of thiophene rings is 1. The van der Waals surface area contributed by atoms with Gasteiger partial charge in [-0.2, -0.15) is 0 Å². The Morgan fingerprint density at radius 1 is 1.04 bits per heavy atom. The van der Waals surface area contributed by atoms with E-state index in [1.165, 1.54) is 24.3 Å².